The van der Waals surface area contributed by atoms with Crippen molar-refractivity contribution >= 4 is 5.69 Å². The van der Waals surface area contributed by atoms with E-state index < -0.39 is 5.60 Å². The van der Waals surface area contributed by atoms with Gasteiger partial charge in [-0.1, -0.05) is 12.1 Å². The third-order valence-electron chi connectivity index (χ3n) is 3.16. The van der Waals surface area contributed by atoms with Crippen LogP contribution < -0.4 is 4.90 Å². The maximum Gasteiger partial charge on any atom is 0.0840 e. The summed E-state index contributed by atoms with van der Waals surface area (Å²) in [5, 5.41) is 9.93. The lowest BCUT2D eigenvalue weighted by atomic mass is 9.96. The van der Waals surface area contributed by atoms with Gasteiger partial charge >= 0.3 is 0 Å². The van der Waals surface area contributed by atoms with Crippen molar-refractivity contribution in [2.24, 2.45) is 0 Å². The molecule has 0 amide bonds. The zero-order valence-corrected chi connectivity index (χ0v) is 9.75. The molecule has 2 rings (SSSR count). The van der Waals surface area contributed by atoms with Gasteiger partial charge in [-0.2, -0.15) is 0 Å². The van der Waals surface area contributed by atoms with Crippen molar-refractivity contribution in [2.45, 2.75) is 32.8 Å². The number of hydrogen-bond donors (Lipinski definition) is 1. The molecule has 0 aliphatic carbocycles. The summed E-state index contributed by atoms with van der Waals surface area (Å²) in [7, 11) is 0. The molecule has 0 spiro atoms. The van der Waals surface area contributed by atoms with Gasteiger partial charge in [-0.05, 0) is 44.4 Å². The van der Waals surface area contributed by atoms with Crippen LogP contribution in [0.3, 0.4) is 0 Å². The summed E-state index contributed by atoms with van der Waals surface area (Å²) in [5.41, 5.74) is 3.00. The van der Waals surface area contributed by atoms with Gasteiger partial charge in [0.15, 0.2) is 0 Å². The van der Waals surface area contributed by atoms with E-state index in [-0.39, 0.29) is 0 Å². The normalized spacial score (nSPS) is 15.6. The molecular weight excluding hydrogens is 186 g/mol. The minimum absolute atomic E-state index is 0.728. The molecule has 0 saturated carbocycles. The summed E-state index contributed by atoms with van der Waals surface area (Å²) >= 11 is 0. The van der Waals surface area contributed by atoms with E-state index in [1.165, 1.54) is 11.3 Å². The van der Waals surface area contributed by atoms with Crippen molar-refractivity contribution in [1.82, 2.24) is 0 Å². The topological polar surface area (TPSA) is 23.5 Å². The lowest BCUT2D eigenvalue weighted by molar-refractivity contribution is 0.0785. The minimum atomic E-state index is -0.728. The number of hydrogen-bond acceptors (Lipinski definition) is 2. The number of benzene rings is 1. The van der Waals surface area contributed by atoms with Crippen LogP contribution in [0.15, 0.2) is 18.2 Å². The molecule has 0 saturated heterocycles. The minimum Gasteiger partial charge on any atom is -0.386 e. The summed E-state index contributed by atoms with van der Waals surface area (Å²) in [6.07, 6.45) is 1.10. The fourth-order valence-corrected chi connectivity index (χ4v) is 2.18. The Morgan fingerprint density at radius 1 is 1.40 bits per heavy atom. The Morgan fingerprint density at radius 3 is 2.73 bits per heavy atom. The van der Waals surface area contributed by atoms with Crippen molar-refractivity contribution in [2.75, 3.05) is 18.0 Å². The molecule has 0 aromatic heterocycles. The molecule has 0 fully saturated rings. The van der Waals surface area contributed by atoms with E-state index in [0.29, 0.717) is 0 Å². The first-order valence-electron chi connectivity index (χ1n) is 5.63. The van der Waals surface area contributed by atoms with Gasteiger partial charge in [-0.25, -0.2) is 0 Å². The molecule has 15 heavy (non-hydrogen) atoms. The largest absolute Gasteiger partial charge is 0.386 e. The Bertz CT molecular complexity index is 365. The second kappa shape index (κ2) is 3.53. The zero-order chi connectivity index (χ0) is 11.1. The van der Waals surface area contributed by atoms with Crippen molar-refractivity contribution in [3.63, 3.8) is 0 Å². The molecule has 82 valence electrons. The summed E-state index contributed by atoms with van der Waals surface area (Å²) < 4.78 is 0. The summed E-state index contributed by atoms with van der Waals surface area (Å²) in [5.74, 6) is 0. The van der Waals surface area contributed by atoms with Crippen LogP contribution in [0, 0.1) is 0 Å². The number of likely N-dealkylation sites (N-methyl/N-ethyl adjacent to an activating group) is 1. The fourth-order valence-electron chi connectivity index (χ4n) is 2.18. The van der Waals surface area contributed by atoms with E-state index in [1.807, 2.05) is 19.9 Å². The molecule has 1 aromatic rings. The van der Waals surface area contributed by atoms with Crippen molar-refractivity contribution < 1.29 is 5.11 Å². The Kier molecular flexibility index (Phi) is 2.47. The lowest BCUT2D eigenvalue weighted by Crippen LogP contribution is -2.19. The molecule has 1 N–H and O–H groups in total. The van der Waals surface area contributed by atoms with E-state index in [4.69, 9.17) is 0 Å². The maximum atomic E-state index is 9.93. The molecule has 0 unspecified atom stereocenters. The van der Waals surface area contributed by atoms with E-state index in [9.17, 15) is 5.11 Å². The van der Waals surface area contributed by atoms with E-state index in [0.717, 1.165) is 25.1 Å². The second-order valence-electron chi connectivity index (χ2n) is 4.73. The Labute approximate surface area is 91.5 Å². The number of rotatable bonds is 2. The van der Waals surface area contributed by atoms with Gasteiger partial charge in [0.1, 0.15) is 0 Å². The molecule has 0 radical (unpaired) electrons. The van der Waals surface area contributed by atoms with Gasteiger partial charge in [0.2, 0.25) is 0 Å². The van der Waals surface area contributed by atoms with Crippen LogP contribution >= 0.6 is 0 Å². The van der Waals surface area contributed by atoms with Crippen LogP contribution in [0.2, 0.25) is 0 Å². The molecule has 1 aliphatic rings. The number of aliphatic hydroxyl groups is 1. The van der Waals surface area contributed by atoms with Gasteiger partial charge in [0, 0.05) is 18.8 Å². The Balaban J connectivity index is 2.37. The van der Waals surface area contributed by atoms with Crippen LogP contribution in [0.1, 0.15) is 31.9 Å². The summed E-state index contributed by atoms with van der Waals surface area (Å²) in [6.45, 7) is 8.03. The molecule has 0 bridgehead atoms. The van der Waals surface area contributed by atoms with E-state index in [2.05, 4.69) is 24.0 Å². The van der Waals surface area contributed by atoms with Crippen LogP contribution in [0.4, 0.5) is 5.69 Å². The second-order valence-corrected chi connectivity index (χ2v) is 4.73. The van der Waals surface area contributed by atoms with Gasteiger partial charge in [0.25, 0.3) is 0 Å². The molecule has 1 aliphatic heterocycles. The Hall–Kier alpha value is -1.02. The van der Waals surface area contributed by atoms with Crippen molar-refractivity contribution in [3.8, 4) is 0 Å². The van der Waals surface area contributed by atoms with Crippen molar-refractivity contribution in [3.05, 3.63) is 29.3 Å². The first-order chi connectivity index (χ1) is 7.02. The summed E-state index contributed by atoms with van der Waals surface area (Å²) in [6, 6.07) is 6.32. The van der Waals surface area contributed by atoms with Gasteiger partial charge in [-0.15, -0.1) is 0 Å². The third-order valence-corrected chi connectivity index (χ3v) is 3.16. The average molecular weight is 205 g/mol. The van der Waals surface area contributed by atoms with Crippen molar-refractivity contribution in [1.29, 1.82) is 0 Å². The van der Waals surface area contributed by atoms with E-state index in [1.54, 1.807) is 0 Å². The SMILES string of the molecule is CCN1CCc2cc(C(C)(C)O)ccc21. The monoisotopic (exact) mass is 205 g/mol. The van der Waals surface area contributed by atoms with Gasteiger partial charge in [-0.3, -0.25) is 0 Å². The first kappa shape index (κ1) is 10.5. The number of nitrogens with zero attached hydrogens (tertiary/aromatic N) is 1. The molecular formula is C13H19NO. The smallest absolute Gasteiger partial charge is 0.0840 e. The average Bonchev–Trinajstić information content (AvgIpc) is 2.58. The van der Waals surface area contributed by atoms with Crippen LogP contribution in [0.5, 0.6) is 0 Å². The highest BCUT2D eigenvalue weighted by Gasteiger charge is 2.22. The van der Waals surface area contributed by atoms with Gasteiger partial charge in [0.05, 0.1) is 5.60 Å². The fraction of sp³-hybridized carbons (Fsp3) is 0.538. The highest BCUT2D eigenvalue weighted by atomic mass is 16.3. The molecule has 1 aromatic carbocycles. The van der Waals surface area contributed by atoms with Crippen LogP contribution in [-0.2, 0) is 12.0 Å². The van der Waals surface area contributed by atoms with E-state index >= 15 is 0 Å². The predicted molar refractivity (Wildman–Crippen MR) is 63.3 cm³/mol. The maximum absolute atomic E-state index is 9.93. The highest BCUT2D eigenvalue weighted by Crippen LogP contribution is 2.31. The Morgan fingerprint density at radius 2 is 2.13 bits per heavy atom. The first-order valence-corrected chi connectivity index (χ1v) is 5.63. The third kappa shape index (κ3) is 1.86. The quantitative estimate of drug-likeness (QED) is 0.800. The molecule has 0 atom stereocenters. The number of fused-ring (bicyclic) bond motifs is 1. The highest BCUT2D eigenvalue weighted by molar-refractivity contribution is 5.59. The molecule has 1 heterocycles. The molecule has 2 nitrogen and oxygen atoms in total. The summed E-state index contributed by atoms with van der Waals surface area (Å²) in [4.78, 5) is 2.38. The zero-order valence-electron chi connectivity index (χ0n) is 9.75. The number of anilines is 1. The van der Waals surface area contributed by atoms with Crippen LogP contribution in [-0.4, -0.2) is 18.2 Å². The molecule has 2 heteroatoms. The standard InChI is InChI=1S/C13H19NO/c1-4-14-8-7-10-9-11(13(2,3)15)5-6-12(10)14/h5-6,9,15H,4,7-8H2,1-3H3. The van der Waals surface area contributed by atoms with Crippen LogP contribution in [0.25, 0.3) is 0 Å². The lowest BCUT2D eigenvalue weighted by Gasteiger charge is -2.20. The van der Waals surface area contributed by atoms with Gasteiger partial charge < -0.3 is 10.0 Å². The predicted octanol–water partition coefficient (Wildman–Crippen LogP) is 2.30.